The van der Waals surface area contributed by atoms with E-state index in [9.17, 15) is 13.2 Å². The van der Waals surface area contributed by atoms with E-state index in [0.29, 0.717) is 24.3 Å². The summed E-state index contributed by atoms with van der Waals surface area (Å²) >= 11 is 0. The first-order valence-corrected chi connectivity index (χ1v) is 9.67. The van der Waals surface area contributed by atoms with Crippen LogP contribution in [0.5, 0.6) is 0 Å². The van der Waals surface area contributed by atoms with Gasteiger partial charge in [-0.25, -0.2) is 13.1 Å². The Balaban J connectivity index is 1.85. The van der Waals surface area contributed by atoms with Gasteiger partial charge >= 0.3 is 5.97 Å². The third-order valence-corrected chi connectivity index (χ3v) is 5.93. The minimum atomic E-state index is -3.12. The standard InChI is InChI=1S/C15H27NO4S/c1-5-15(2,3)14(17)20-13-8-10-6-11(13)7-12(10)9-16-21(4,18)19/h10-13,16H,5-9H2,1-4H3. The van der Waals surface area contributed by atoms with Crippen molar-refractivity contribution in [2.75, 3.05) is 12.8 Å². The van der Waals surface area contributed by atoms with Gasteiger partial charge in [0.2, 0.25) is 10.0 Å². The minimum absolute atomic E-state index is 0.0304. The maximum absolute atomic E-state index is 12.2. The highest BCUT2D eigenvalue weighted by molar-refractivity contribution is 7.88. The second-order valence-corrected chi connectivity index (χ2v) is 9.12. The molecule has 122 valence electrons. The van der Waals surface area contributed by atoms with Crippen LogP contribution in [0.4, 0.5) is 0 Å². The summed E-state index contributed by atoms with van der Waals surface area (Å²) in [6, 6.07) is 0. The molecule has 2 bridgehead atoms. The Morgan fingerprint density at radius 3 is 2.38 bits per heavy atom. The number of carbonyl (C=O) groups excluding carboxylic acids is 1. The van der Waals surface area contributed by atoms with E-state index in [1.807, 2.05) is 20.8 Å². The Morgan fingerprint density at radius 1 is 1.24 bits per heavy atom. The number of nitrogens with one attached hydrogen (secondary N) is 1. The zero-order chi connectivity index (χ0) is 15.8. The molecule has 5 nitrogen and oxygen atoms in total. The average Bonchev–Trinajstić information content (AvgIpc) is 2.94. The van der Waals surface area contributed by atoms with Crippen LogP contribution in [-0.2, 0) is 19.6 Å². The molecule has 2 saturated carbocycles. The van der Waals surface area contributed by atoms with E-state index in [4.69, 9.17) is 4.74 Å². The van der Waals surface area contributed by atoms with Crippen LogP contribution in [-0.4, -0.2) is 33.3 Å². The fraction of sp³-hybridized carbons (Fsp3) is 0.933. The van der Waals surface area contributed by atoms with Crippen molar-refractivity contribution in [1.29, 1.82) is 0 Å². The molecule has 1 N–H and O–H groups in total. The van der Waals surface area contributed by atoms with E-state index in [1.54, 1.807) is 0 Å². The molecule has 0 amide bonds. The van der Waals surface area contributed by atoms with Gasteiger partial charge in [0.05, 0.1) is 11.7 Å². The highest BCUT2D eigenvalue weighted by Gasteiger charge is 2.48. The number of ether oxygens (including phenoxy) is 1. The van der Waals surface area contributed by atoms with Crippen LogP contribution < -0.4 is 4.72 Å². The molecular weight excluding hydrogens is 290 g/mol. The Hall–Kier alpha value is -0.620. The van der Waals surface area contributed by atoms with Gasteiger partial charge < -0.3 is 4.74 Å². The summed E-state index contributed by atoms with van der Waals surface area (Å²) in [7, 11) is -3.12. The van der Waals surface area contributed by atoms with Crippen molar-refractivity contribution in [2.45, 2.75) is 52.6 Å². The van der Waals surface area contributed by atoms with Crippen molar-refractivity contribution in [3.05, 3.63) is 0 Å². The molecule has 2 fully saturated rings. The van der Waals surface area contributed by atoms with Gasteiger partial charge in [-0.2, -0.15) is 0 Å². The minimum Gasteiger partial charge on any atom is -0.462 e. The lowest BCUT2D eigenvalue weighted by Crippen LogP contribution is -2.36. The van der Waals surface area contributed by atoms with Crippen LogP contribution >= 0.6 is 0 Å². The number of hydrogen-bond acceptors (Lipinski definition) is 4. The molecule has 0 aromatic rings. The molecule has 4 unspecified atom stereocenters. The van der Waals surface area contributed by atoms with Crippen molar-refractivity contribution >= 4 is 16.0 Å². The summed E-state index contributed by atoms with van der Waals surface area (Å²) in [5.74, 6) is 1.16. The normalized spacial score (nSPS) is 32.4. The molecule has 21 heavy (non-hydrogen) atoms. The molecule has 0 aliphatic heterocycles. The van der Waals surface area contributed by atoms with Crippen LogP contribution in [0.25, 0.3) is 0 Å². The molecule has 0 radical (unpaired) electrons. The van der Waals surface area contributed by atoms with Gasteiger partial charge in [-0.1, -0.05) is 6.92 Å². The van der Waals surface area contributed by atoms with Crippen molar-refractivity contribution in [3.63, 3.8) is 0 Å². The topological polar surface area (TPSA) is 72.5 Å². The van der Waals surface area contributed by atoms with Gasteiger partial charge in [0.15, 0.2) is 0 Å². The highest BCUT2D eigenvalue weighted by Crippen LogP contribution is 2.49. The van der Waals surface area contributed by atoms with Gasteiger partial charge in [0, 0.05) is 6.54 Å². The third kappa shape index (κ3) is 3.97. The molecule has 0 heterocycles. The van der Waals surface area contributed by atoms with E-state index in [-0.39, 0.29) is 12.1 Å². The quantitative estimate of drug-likeness (QED) is 0.760. The highest BCUT2D eigenvalue weighted by atomic mass is 32.2. The number of sulfonamides is 1. The molecule has 6 heteroatoms. The van der Waals surface area contributed by atoms with Gasteiger partial charge in [0.25, 0.3) is 0 Å². The smallest absolute Gasteiger partial charge is 0.311 e. The van der Waals surface area contributed by atoms with E-state index in [0.717, 1.165) is 25.7 Å². The molecule has 2 aliphatic carbocycles. The molecule has 0 saturated heterocycles. The molecule has 2 aliphatic rings. The Bertz CT molecular complexity index is 500. The number of rotatable bonds is 6. The van der Waals surface area contributed by atoms with Gasteiger partial charge in [-0.15, -0.1) is 0 Å². The Kier molecular flexibility index (Phi) is 4.69. The number of esters is 1. The number of carbonyl (C=O) groups is 1. The van der Waals surface area contributed by atoms with Crippen LogP contribution in [0.15, 0.2) is 0 Å². The summed E-state index contributed by atoms with van der Waals surface area (Å²) in [5.41, 5.74) is -0.418. The van der Waals surface area contributed by atoms with E-state index < -0.39 is 15.4 Å². The maximum Gasteiger partial charge on any atom is 0.311 e. The van der Waals surface area contributed by atoms with E-state index in [2.05, 4.69) is 4.72 Å². The van der Waals surface area contributed by atoms with Gasteiger partial charge in [-0.3, -0.25) is 4.79 Å². The van der Waals surface area contributed by atoms with Gasteiger partial charge in [0.1, 0.15) is 6.10 Å². The van der Waals surface area contributed by atoms with Crippen molar-refractivity contribution in [3.8, 4) is 0 Å². The van der Waals surface area contributed by atoms with E-state index >= 15 is 0 Å². The predicted molar refractivity (Wildman–Crippen MR) is 81.1 cm³/mol. The largest absolute Gasteiger partial charge is 0.462 e. The first-order valence-electron chi connectivity index (χ1n) is 7.78. The lowest BCUT2D eigenvalue weighted by molar-refractivity contribution is -0.162. The third-order valence-electron chi connectivity index (χ3n) is 5.24. The van der Waals surface area contributed by atoms with E-state index in [1.165, 1.54) is 6.26 Å². The van der Waals surface area contributed by atoms with Crippen LogP contribution in [0, 0.1) is 23.2 Å². The summed E-state index contributed by atoms with van der Waals surface area (Å²) in [4.78, 5) is 12.2. The van der Waals surface area contributed by atoms with Crippen molar-refractivity contribution in [1.82, 2.24) is 4.72 Å². The molecule has 0 aromatic heterocycles. The molecule has 4 atom stereocenters. The van der Waals surface area contributed by atoms with Crippen LogP contribution in [0.1, 0.15) is 46.5 Å². The second kappa shape index (κ2) is 5.88. The van der Waals surface area contributed by atoms with Crippen LogP contribution in [0.3, 0.4) is 0 Å². The Morgan fingerprint density at radius 2 is 1.90 bits per heavy atom. The molecule has 0 spiro atoms. The molecular formula is C15H27NO4S. The zero-order valence-electron chi connectivity index (χ0n) is 13.4. The summed E-state index contributed by atoms with van der Waals surface area (Å²) in [6.07, 6.45) is 4.89. The first kappa shape index (κ1) is 16.7. The van der Waals surface area contributed by atoms with Crippen LogP contribution in [0.2, 0.25) is 0 Å². The predicted octanol–water partition coefficient (Wildman–Crippen LogP) is 1.93. The monoisotopic (exact) mass is 317 g/mol. The summed E-state index contributed by atoms with van der Waals surface area (Å²) < 4.78 is 30.7. The molecule has 2 rings (SSSR count). The van der Waals surface area contributed by atoms with Crippen molar-refractivity contribution in [2.24, 2.45) is 23.2 Å². The number of hydrogen-bond donors (Lipinski definition) is 1. The maximum atomic E-state index is 12.2. The molecule has 0 aromatic carbocycles. The SMILES string of the molecule is CCC(C)(C)C(=O)OC1CC2CC1CC2CNS(C)(=O)=O. The van der Waals surface area contributed by atoms with Crippen molar-refractivity contribution < 1.29 is 17.9 Å². The zero-order valence-corrected chi connectivity index (χ0v) is 14.2. The second-order valence-electron chi connectivity index (χ2n) is 7.29. The fourth-order valence-electron chi connectivity index (χ4n) is 3.44. The average molecular weight is 317 g/mol. The number of fused-ring (bicyclic) bond motifs is 2. The summed E-state index contributed by atoms with van der Waals surface area (Å²) in [6.45, 7) is 6.35. The first-order chi connectivity index (χ1) is 9.62. The fourth-order valence-corrected chi connectivity index (χ4v) is 3.95. The lowest BCUT2D eigenvalue weighted by Gasteiger charge is -2.30. The van der Waals surface area contributed by atoms with Gasteiger partial charge in [-0.05, 0) is 57.3 Å². The lowest BCUT2D eigenvalue weighted by atomic mass is 9.86. The summed E-state index contributed by atoms with van der Waals surface area (Å²) in [5, 5.41) is 0. The Labute approximate surface area is 127 Å².